The Morgan fingerprint density at radius 1 is 1.27 bits per heavy atom. The van der Waals surface area contributed by atoms with Crippen molar-refractivity contribution in [1.82, 2.24) is 9.80 Å². The van der Waals surface area contributed by atoms with Crippen LogP contribution in [0, 0.1) is 5.92 Å². The monoisotopic (exact) mass is 310 g/mol. The van der Waals surface area contributed by atoms with Crippen LogP contribution in [0.5, 0.6) is 0 Å². The molecule has 7 nitrogen and oxygen atoms in total. The number of ether oxygens (including phenoxy) is 1. The van der Waals surface area contributed by atoms with Gasteiger partial charge in [-0.3, -0.25) is 9.59 Å². The quantitative estimate of drug-likeness (QED) is 0.795. The highest BCUT2D eigenvalue weighted by atomic mass is 16.5. The number of carbonyl (C=O) groups excluding carboxylic acids is 2. The number of hydrogen-bond donors (Lipinski definition) is 1. The third-order valence-electron chi connectivity index (χ3n) is 4.83. The Kier molecular flexibility index (Phi) is 4.33. The molecule has 3 saturated heterocycles. The molecule has 3 rings (SSSR count). The van der Waals surface area contributed by atoms with E-state index in [1.165, 1.54) is 4.90 Å². The zero-order valence-corrected chi connectivity index (χ0v) is 12.6. The molecule has 0 bridgehead atoms. The molecule has 1 N–H and O–H groups in total. The molecule has 0 aromatic heterocycles. The number of likely N-dealkylation sites (tertiary alicyclic amines) is 2. The maximum atomic E-state index is 12.5. The van der Waals surface area contributed by atoms with Crippen molar-refractivity contribution < 1.29 is 24.2 Å². The minimum absolute atomic E-state index is 0.0279. The van der Waals surface area contributed by atoms with E-state index in [1.54, 1.807) is 4.90 Å². The lowest BCUT2D eigenvalue weighted by molar-refractivity contribution is -0.149. The van der Waals surface area contributed by atoms with Crippen LogP contribution in [0.1, 0.15) is 32.1 Å². The molecule has 3 unspecified atom stereocenters. The van der Waals surface area contributed by atoms with E-state index in [9.17, 15) is 19.5 Å². The number of hydrogen-bond acceptors (Lipinski definition) is 4. The lowest BCUT2D eigenvalue weighted by Crippen LogP contribution is -2.44. The second-order valence-corrected chi connectivity index (χ2v) is 6.36. The smallest absolute Gasteiger partial charge is 0.326 e. The fourth-order valence-corrected chi connectivity index (χ4v) is 3.67. The fourth-order valence-electron chi connectivity index (χ4n) is 3.67. The maximum absolute atomic E-state index is 12.5. The molecule has 0 aromatic carbocycles. The van der Waals surface area contributed by atoms with Gasteiger partial charge >= 0.3 is 5.97 Å². The third-order valence-corrected chi connectivity index (χ3v) is 4.83. The Morgan fingerprint density at radius 3 is 2.77 bits per heavy atom. The predicted molar refractivity (Wildman–Crippen MR) is 76.0 cm³/mol. The summed E-state index contributed by atoms with van der Waals surface area (Å²) in [7, 11) is 0. The molecular weight excluding hydrogens is 288 g/mol. The van der Waals surface area contributed by atoms with Crippen molar-refractivity contribution in [3.8, 4) is 0 Å². The van der Waals surface area contributed by atoms with Crippen molar-refractivity contribution in [1.29, 1.82) is 0 Å². The fraction of sp³-hybridized carbons (Fsp3) is 0.800. The summed E-state index contributed by atoms with van der Waals surface area (Å²) < 4.78 is 5.54. The van der Waals surface area contributed by atoms with Crippen molar-refractivity contribution in [2.24, 2.45) is 5.92 Å². The van der Waals surface area contributed by atoms with E-state index < -0.39 is 17.9 Å². The van der Waals surface area contributed by atoms with Gasteiger partial charge in [0.1, 0.15) is 6.04 Å². The lowest BCUT2D eigenvalue weighted by Gasteiger charge is -2.25. The van der Waals surface area contributed by atoms with Gasteiger partial charge < -0.3 is 19.6 Å². The van der Waals surface area contributed by atoms with Gasteiger partial charge in [0.25, 0.3) is 0 Å². The second kappa shape index (κ2) is 6.24. The molecule has 7 heteroatoms. The van der Waals surface area contributed by atoms with E-state index in [-0.39, 0.29) is 24.3 Å². The molecule has 3 aliphatic rings. The summed E-state index contributed by atoms with van der Waals surface area (Å²) in [4.78, 5) is 39.0. The van der Waals surface area contributed by atoms with Crippen LogP contribution in [-0.4, -0.2) is 71.1 Å². The topological polar surface area (TPSA) is 87.2 Å². The number of aliphatic carboxylic acids is 1. The van der Waals surface area contributed by atoms with E-state index in [2.05, 4.69) is 0 Å². The van der Waals surface area contributed by atoms with Crippen molar-refractivity contribution in [2.45, 2.75) is 44.2 Å². The molecular formula is C15H22N2O5. The molecule has 0 spiro atoms. The molecule has 3 atom stereocenters. The number of carboxylic acid groups (broad SMARTS) is 1. The van der Waals surface area contributed by atoms with Crippen LogP contribution < -0.4 is 0 Å². The summed E-state index contributed by atoms with van der Waals surface area (Å²) in [5, 5.41) is 9.18. The Labute approximate surface area is 129 Å². The van der Waals surface area contributed by atoms with Gasteiger partial charge in [-0.2, -0.15) is 0 Å². The van der Waals surface area contributed by atoms with E-state index in [0.717, 1.165) is 19.4 Å². The summed E-state index contributed by atoms with van der Waals surface area (Å²) in [5.41, 5.74) is 0. The first kappa shape index (κ1) is 15.3. The predicted octanol–water partition coefficient (Wildman–Crippen LogP) is 0.0895. The summed E-state index contributed by atoms with van der Waals surface area (Å²) in [5.74, 6) is -1.58. The van der Waals surface area contributed by atoms with E-state index in [0.29, 0.717) is 32.5 Å². The zero-order chi connectivity index (χ0) is 15.7. The van der Waals surface area contributed by atoms with Gasteiger partial charge in [0.2, 0.25) is 11.8 Å². The van der Waals surface area contributed by atoms with Gasteiger partial charge in [-0.05, 0) is 25.7 Å². The largest absolute Gasteiger partial charge is 0.480 e. The summed E-state index contributed by atoms with van der Waals surface area (Å²) in [6.45, 7) is 2.15. The van der Waals surface area contributed by atoms with E-state index in [1.807, 2.05) is 0 Å². The first-order valence-electron chi connectivity index (χ1n) is 7.99. The molecule has 0 aliphatic carbocycles. The first-order valence-corrected chi connectivity index (χ1v) is 7.99. The molecule has 3 aliphatic heterocycles. The Bertz CT molecular complexity index is 475. The molecule has 0 saturated carbocycles. The lowest BCUT2D eigenvalue weighted by atomic mass is 10.1. The van der Waals surface area contributed by atoms with Crippen LogP contribution in [0.15, 0.2) is 0 Å². The maximum Gasteiger partial charge on any atom is 0.326 e. The number of nitrogens with zero attached hydrogens (tertiary/aromatic N) is 2. The third kappa shape index (κ3) is 2.95. The Morgan fingerprint density at radius 2 is 2.09 bits per heavy atom. The number of amides is 2. The van der Waals surface area contributed by atoms with Gasteiger partial charge in [-0.25, -0.2) is 4.79 Å². The first-order chi connectivity index (χ1) is 10.6. The van der Waals surface area contributed by atoms with Crippen molar-refractivity contribution in [3.05, 3.63) is 0 Å². The van der Waals surface area contributed by atoms with Gasteiger partial charge in [-0.1, -0.05) is 0 Å². The number of carboxylic acids is 1. The number of carbonyl (C=O) groups is 3. The highest BCUT2D eigenvalue weighted by molar-refractivity contribution is 5.91. The van der Waals surface area contributed by atoms with Gasteiger partial charge in [0.15, 0.2) is 0 Å². The molecule has 3 heterocycles. The van der Waals surface area contributed by atoms with Gasteiger partial charge in [0.05, 0.1) is 12.0 Å². The molecule has 0 radical (unpaired) electrons. The Hall–Kier alpha value is -1.63. The van der Waals surface area contributed by atoms with Gasteiger partial charge in [-0.15, -0.1) is 0 Å². The van der Waals surface area contributed by atoms with Crippen molar-refractivity contribution in [2.75, 3.05) is 26.2 Å². The second-order valence-electron chi connectivity index (χ2n) is 6.36. The summed E-state index contributed by atoms with van der Waals surface area (Å²) in [6, 6.07) is -0.727. The zero-order valence-electron chi connectivity index (χ0n) is 12.6. The van der Waals surface area contributed by atoms with Crippen LogP contribution in [-0.2, 0) is 19.1 Å². The van der Waals surface area contributed by atoms with E-state index >= 15 is 0 Å². The SMILES string of the molecule is O=C(O)C1CCCN1C(=O)C1CC(=O)N(CC2CCCO2)C1. The number of rotatable bonds is 4. The van der Waals surface area contributed by atoms with Crippen molar-refractivity contribution in [3.63, 3.8) is 0 Å². The standard InChI is InChI=1S/C15H22N2O5/c18-13-7-10(8-16(13)9-11-3-2-6-22-11)14(19)17-5-1-4-12(17)15(20)21/h10-12H,1-9H2,(H,20,21). The van der Waals surface area contributed by atoms with Crippen LogP contribution in [0.25, 0.3) is 0 Å². The molecule has 122 valence electrons. The van der Waals surface area contributed by atoms with Gasteiger partial charge in [0, 0.05) is 32.7 Å². The van der Waals surface area contributed by atoms with Crippen LogP contribution in [0.2, 0.25) is 0 Å². The normalized spacial score (nSPS) is 32.0. The minimum atomic E-state index is -0.952. The highest BCUT2D eigenvalue weighted by Gasteiger charge is 2.42. The highest BCUT2D eigenvalue weighted by Crippen LogP contribution is 2.26. The molecule has 3 fully saturated rings. The van der Waals surface area contributed by atoms with Crippen molar-refractivity contribution >= 4 is 17.8 Å². The molecule has 0 aromatic rings. The molecule has 2 amide bonds. The average Bonchev–Trinajstić information content (AvgIpc) is 3.20. The average molecular weight is 310 g/mol. The molecule has 22 heavy (non-hydrogen) atoms. The Balaban J connectivity index is 1.59. The summed E-state index contributed by atoms with van der Waals surface area (Å²) >= 11 is 0. The van der Waals surface area contributed by atoms with Crippen LogP contribution in [0.3, 0.4) is 0 Å². The van der Waals surface area contributed by atoms with Crippen LogP contribution >= 0.6 is 0 Å². The van der Waals surface area contributed by atoms with Crippen LogP contribution in [0.4, 0.5) is 0 Å². The minimum Gasteiger partial charge on any atom is -0.480 e. The van der Waals surface area contributed by atoms with E-state index in [4.69, 9.17) is 4.74 Å². The summed E-state index contributed by atoms with van der Waals surface area (Å²) in [6.07, 6.45) is 3.45.